The van der Waals surface area contributed by atoms with E-state index in [1.165, 1.54) is 10.8 Å². The van der Waals surface area contributed by atoms with E-state index in [0.717, 1.165) is 5.56 Å². The maximum atomic E-state index is 12.3. The number of benzene rings is 2. The molecule has 0 spiro atoms. The Morgan fingerprint density at radius 3 is 2.61 bits per heavy atom. The largest absolute Gasteiger partial charge is 0.481 e. The first-order valence-corrected chi connectivity index (χ1v) is 7.97. The van der Waals surface area contributed by atoms with Crippen molar-refractivity contribution >= 4 is 22.6 Å². The summed E-state index contributed by atoms with van der Waals surface area (Å²) in [6.45, 7) is 2.57. The highest BCUT2D eigenvalue weighted by Gasteiger charge is 2.41. The van der Waals surface area contributed by atoms with Crippen LogP contribution >= 0.6 is 0 Å². The third-order valence-corrected chi connectivity index (χ3v) is 4.78. The molecule has 1 fully saturated rings. The third-order valence-electron chi connectivity index (χ3n) is 4.78. The van der Waals surface area contributed by atoms with Gasteiger partial charge in [-0.05, 0) is 36.1 Å². The molecule has 1 N–H and O–H groups in total. The summed E-state index contributed by atoms with van der Waals surface area (Å²) in [7, 11) is 0. The van der Waals surface area contributed by atoms with Gasteiger partial charge in [-0.25, -0.2) is 0 Å². The van der Waals surface area contributed by atoms with Crippen LogP contribution in [0.15, 0.2) is 42.5 Å². The normalized spacial score (nSPS) is 20.8. The molecule has 1 atom stereocenters. The summed E-state index contributed by atoms with van der Waals surface area (Å²) in [6, 6.07) is 14.4. The minimum atomic E-state index is -0.817. The fourth-order valence-electron chi connectivity index (χ4n) is 3.15. The molecule has 23 heavy (non-hydrogen) atoms. The molecule has 4 heteroatoms. The van der Waals surface area contributed by atoms with Crippen molar-refractivity contribution in [3.63, 3.8) is 0 Å². The number of fused-ring (bicyclic) bond motifs is 1. The van der Waals surface area contributed by atoms with E-state index in [1.54, 1.807) is 11.8 Å². The second kappa shape index (κ2) is 6.03. The molecule has 0 bridgehead atoms. The first-order valence-electron chi connectivity index (χ1n) is 7.97. The van der Waals surface area contributed by atoms with Gasteiger partial charge in [0.15, 0.2) is 0 Å². The molecule has 0 aliphatic carbocycles. The lowest BCUT2D eigenvalue weighted by Gasteiger charge is -2.20. The monoisotopic (exact) mass is 311 g/mol. The van der Waals surface area contributed by atoms with E-state index in [0.29, 0.717) is 32.4 Å². The second-order valence-electron chi connectivity index (χ2n) is 6.61. The lowest BCUT2D eigenvalue weighted by atomic mass is 9.90. The van der Waals surface area contributed by atoms with Crippen LogP contribution in [0.5, 0.6) is 0 Å². The number of carboxylic acids is 1. The van der Waals surface area contributed by atoms with Gasteiger partial charge in [0.1, 0.15) is 0 Å². The van der Waals surface area contributed by atoms with Crippen LogP contribution in [0.25, 0.3) is 10.8 Å². The number of carbonyl (C=O) groups is 2. The van der Waals surface area contributed by atoms with E-state index in [1.807, 2.05) is 12.1 Å². The number of amides is 1. The van der Waals surface area contributed by atoms with Crippen LogP contribution in [0.3, 0.4) is 0 Å². The zero-order chi connectivity index (χ0) is 16.4. The molecule has 1 saturated heterocycles. The molecule has 0 saturated carbocycles. The molecule has 1 unspecified atom stereocenters. The summed E-state index contributed by atoms with van der Waals surface area (Å²) in [5, 5.41) is 11.6. The van der Waals surface area contributed by atoms with Crippen molar-refractivity contribution in [1.29, 1.82) is 0 Å². The zero-order valence-electron chi connectivity index (χ0n) is 13.3. The van der Waals surface area contributed by atoms with Gasteiger partial charge in [0.2, 0.25) is 5.91 Å². The van der Waals surface area contributed by atoms with Crippen LogP contribution in [-0.4, -0.2) is 35.0 Å². The van der Waals surface area contributed by atoms with Gasteiger partial charge in [-0.1, -0.05) is 42.5 Å². The third kappa shape index (κ3) is 3.21. The zero-order valence-corrected chi connectivity index (χ0v) is 13.3. The van der Waals surface area contributed by atoms with Gasteiger partial charge in [0.05, 0.1) is 5.41 Å². The Labute approximate surface area is 135 Å². The Morgan fingerprint density at radius 2 is 1.91 bits per heavy atom. The number of hydrogen-bond acceptors (Lipinski definition) is 2. The molecule has 3 rings (SSSR count). The highest BCUT2D eigenvalue weighted by molar-refractivity contribution is 5.83. The minimum Gasteiger partial charge on any atom is -0.481 e. The molecule has 120 valence electrons. The van der Waals surface area contributed by atoms with Gasteiger partial charge in [-0.2, -0.15) is 0 Å². The summed E-state index contributed by atoms with van der Waals surface area (Å²) in [4.78, 5) is 25.3. The number of rotatable bonds is 4. The molecule has 0 aromatic heterocycles. The number of aliphatic carboxylic acids is 1. The molecule has 1 heterocycles. The summed E-state index contributed by atoms with van der Waals surface area (Å²) in [6.07, 6.45) is 1.64. The van der Waals surface area contributed by atoms with Crippen molar-refractivity contribution in [1.82, 2.24) is 4.90 Å². The molecule has 1 aliphatic rings. The van der Waals surface area contributed by atoms with E-state index in [4.69, 9.17) is 0 Å². The molecule has 1 amide bonds. The van der Waals surface area contributed by atoms with Gasteiger partial charge < -0.3 is 10.0 Å². The van der Waals surface area contributed by atoms with Gasteiger partial charge in [-0.15, -0.1) is 0 Å². The number of carbonyl (C=O) groups excluding carboxylic acids is 1. The Balaban J connectivity index is 1.61. The maximum absolute atomic E-state index is 12.3. The molecule has 2 aromatic rings. The average Bonchev–Trinajstić information content (AvgIpc) is 2.96. The van der Waals surface area contributed by atoms with Crippen LogP contribution in [-0.2, 0) is 16.0 Å². The maximum Gasteiger partial charge on any atom is 0.311 e. The van der Waals surface area contributed by atoms with E-state index in [9.17, 15) is 14.7 Å². The van der Waals surface area contributed by atoms with Crippen molar-refractivity contribution in [2.75, 3.05) is 13.1 Å². The lowest BCUT2D eigenvalue weighted by molar-refractivity contribution is -0.147. The molecule has 0 radical (unpaired) electrons. The SMILES string of the molecule is CC1(C(=O)O)CCN(C(=O)CCc2ccc3ccccc3c2)C1. The predicted molar refractivity (Wildman–Crippen MR) is 89.2 cm³/mol. The van der Waals surface area contributed by atoms with Gasteiger partial charge >= 0.3 is 5.97 Å². The first-order chi connectivity index (χ1) is 11.0. The van der Waals surface area contributed by atoms with Crippen LogP contribution < -0.4 is 0 Å². The Bertz CT molecular complexity index is 755. The van der Waals surface area contributed by atoms with Gasteiger partial charge in [-0.3, -0.25) is 9.59 Å². The number of aryl methyl sites for hydroxylation is 1. The summed E-state index contributed by atoms with van der Waals surface area (Å²) < 4.78 is 0. The summed E-state index contributed by atoms with van der Waals surface area (Å²) in [5.74, 6) is -0.773. The standard InChI is InChI=1S/C19H21NO3/c1-19(18(22)23)10-11-20(13-19)17(21)9-7-14-6-8-15-4-2-3-5-16(15)12-14/h2-6,8,12H,7,9-11,13H2,1H3,(H,22,23). The molecule has 2 aromatic carbocycles. The highest BCUT2D eigenvalue weighted by atomic mass is 16.4. The van der Waals surface area contributed by atoms with Gasteiger partial charge in [0.25, 0.3) is 0 Å². The Morgan fingerprint density at radius 1 is 1.17 bits per heavy atom. The number of carboxylic acid groups (broad SMARTS) is 1. The molecule has 4 nitrogen and oxygen atoms in total. The Kier molecular flexibility index (Phi) is 4.07. The summed E-state index contributed by atoms with van der Waals surface area (Å²) >= 11 is 0. The Hall–Kier alpha value is -2.36. The van der Waals surface area contributed by atoms with Crippen molar-refractivity contribution in [3.05, 3.63) is 48.0 Å². The lowest BCUT2D eigenvalue weighted by Crippen LogP contribution is -2.34. The van der Waals surface area contributed by atoms with Crippen molar-refractivity contribution in [3.8, 4) is 0 Å². The molecular weight excluding hydrogens is 290 g/mol. The van der Waals surface area contributed by atoms with Crippen molar-refractivity contribution in [2.24, 2.45) is 5.41 Å². The first kappa shape index (κ1) is 15.5. The minimum absolute atomic E-state index is 0.0446. The van der Waals surface area contributed by atoms with Crippen LogP contribution in [0.4, 0.5) is 0 Å². The number of likely N-dealkylation sites (tertiary alicyclic amines) is 1. The van der Waals surface area contributed by atoms with Crippen LogP contribution in [0.1, 0.15) is 25.3 Å². The van der Waals surface area contributed by atoms with Crippen molar-refractivity contribution in [2.45, 2.75) is 26.2 Å². The molecule has 1 aliphatic heterocycles. The van der Waals surface area contributed by atoms with Crippen molar-refractivity contribution < 1.29 is 14.7 Å². The number of nitrogens with zero attached hydrogens (tertiary/aromatic N) is 1. The van der Waals surface area contributed by atoms with Crippen LogP contribution in [0.2, 0.25) is 0 Å². The summed E-state index contributed by atoms with van der Waals surface area (Å²) in [5.41, 5.74) is 0.343. The number of hydrogen-bond donors (Lipinski definition) is 1. The quantitative estimate of drug-likeness (QED) is 0.944. The van der Waals surface area contributed by atoms with Crippen LogP contribution in [0, 0.1) is 5.41 Å². The van der Waals surface area contributed by atoms with E-state index in [-0.39, 0.29) is 5.91 Å². The smallest absolute Gasteiger partial charge is 0.311 e. The molecular formula is C19H21NO3. The fourth-order valence-corrected chi connectivity index (χ4v) is 3.15. The highest BCUT2D eigenvalue weighted by Crippen LogP contribution is 2.30. The topological polar surface area (TPSA) is 57.6 Å². The second-order valence-corrected chi connectivity index (χ2v) is 6.61. The average molecular weight is 311 g/mol. The van der Waals surface area contributed by atoms with Gasteiger partial charge in [0, 0.05) is 19.5 Å². The fraction of sp³-hybridized carbons (Fsp3) is 0.368. The predicted octanol–water partition coefficient (Wildman–Crippen LogP) is 3.10. The van der Waals surface area contributed by atoms with E-state index in [2.05, 4.69) is 30.3 Å². The van der Waals surface area contributed by atoms with E-state index >= 15 is 0 Å². The van der Waals surface area contributed by atoms with E-state index < -0.39 is 11.4 Å².